The number of benzene rings is 2. The van der Waals surface area contributed by atoms with Crippen molar-refractivity contribution in [1.82, 2.24) is 9.97 Å². The van der Waals surface area contributed by atoms with Gasteiger partial charge in [-0.15, -0.1) is 0 Å². The van der Waals surface area contributed by atoms with Gasteiger partial charge in [-0.3, -0.25) is 0 Å². The van der Waals surface area contributed by atoms with Gasteiger partial charge in [-0.2, -0.15) is 0 Å². The maximum Gasteiger partial charge on any atom is 0.138 e. The Labute approximate surface area is 154 Å². The molecule has 0 saturated carbocycles. The fraction of sp³-hybridized carbons (Fsp3) is 0.0526. The molecule has 0 spiro atoms. The molecule has 24 heavy (non-hydrogen) atoms. The molecule has 120 valence electrons. The minimum atomic E-state index is 0.425. The number of anilines is 2. The fourth-order valence-corrected chi connectivity index (χ4v) is 2.69. The molecule has 0 radical (unpaired) electrons. The van der Waals surface area contributed by atoms with Gasteiger partial charge in [0.2, 0.25) is 0 Å². The second-order valence-electron chi connectivity index (χ2n) is 5.10. The van der Waals surface area contributed by atoms with Gasteiger partial charge < -0.3 is 4.90 Å². The van der Waals surface area contributed by atoms with Crippen LogP contribution >= 0.6 is 27.5 Å². The zero-order chi connectivity index (χ0) is 16.8. The van der Waals surface area contributed by atoms with Crippen molar-refractivity contribution in [2.24, 2.45) is 0 Å². The van der Waals surface area contributed by atoms with Crippen LogP contribution in [-0.4, -0.2) is 16.5 Å². The van der Waals surface area contributed by atoms with Gasteiger partial charge in [-0.05, 0) is 29.8 Å². The minimum Gasteiger partial charge on any atom is -0.322 e. The van der Waals surface area contributed by atoms with Crippen LogP contribution in [0.1, 0.15) is 5.56 Å². The first-order valence-electron chi connectivity index (χ1n) is 7.44. The van der Waals surface area contributed by atoms with E-state index in [9.17, 15) is 0 Å². The lowest BCUT2D eigenvalue weighted by Gasteiger charge is -2.22. The summed E-state index contributed by atoms with van der Waals surface area (Å²) in [5.41, 5.74) is 2.19. The van der Waals surface area contributed by atoms with E-state index in [1.54, 1.807) is 6.07 Å². The summed E-state index contributed by atoms with van der Waals surface area (Å²) in [6.45, 7) is 0.671. The SMILES string of the molecule is Clc1cc(N(C/C=C/c2ccccc2)c2ccc(Br)cc2)ncn1. The van der Waals surface area contributed by atoms with Crippen molar-refractivity contribution in [3.05, 3.63) is 88.3 Å². The van der Waals surface area contributed by atoms with Crippen LogP contribution in [0.25, 0.3) is 6.08 Å². The lowest BCUT2D eigenvalue weighted by molar-refractivity contribution is 1.02. The summed E-state index contributed by atoms with van der Waals surface area (Å²) < 4.78 is 1.03. The Bertz CT molecular complexity index is 820. The highest BCUT2D eigenvalue weighted by molar-refractivity contribution is 9.10. The molecule has 1 aromatic heterocycles. The average molecular weight is 401 g/mol. The molecule has 1 heterocycles. The Kier molecular flexibility index (Phi) is 5.62. The summed E-state index contributed by atoms with van der Waals surface area (Å²) in [4.78, 5) is 10.4. The van der Waals surface area contributed by atoms with Crippen molar-refractivity contribution in [3.8, 4) is 0 Å². The van der Waals surface area contributed by atoms with E-state index in [0.717, 1.165) is 21.5 Å². The monoisotopic (exact) mass is 399 g/mol. The molecule has 3 nitrogen and oxygen atoms in total. The predicted molar refractivity (Wildman–Crippen MR) is 104 cm³/mol. The van der Waals surface area contributed by atoms with Gasteiger partial charge in [0.25, 0.3) is 0 Å². The molecule has 0 aliphatic carbocycles. The van der Waals surface area contributed by atoms with Crippen LogP contribution in [0.15, 0.2) is 77.5 Å². The molecule has 0 atom stereocenters. The number of rotatable bonds is 5. The molecule has 0 aliphatic heterocycles. The zero-order valence-electron chi connectivity index (χ0n) is 12.8. The summed E-state index contributed by atoms with van der Waals surface area (Å²) in [5.74, 6) is 0.759. The number of hydrogen-bond acceptors (Lipinski definition) is 3. The third kappa shape index (κ3) is 4.43. The van der Waals surface area contributed by atoms with Crippen molar-refractivity contribution < 1.29 is 0 Å². The Morgan fingerprint density at radius 3 is 2.46 bits per heavy atom. The standard InChI is InChI=1S/C19H15BrClN3/c20-16-8-10-17(11-9-16)24(19-13-18(21)22-14-23-19)12-4-7-15-5-2-1-3-6-15/h1-11,13-14H,12H2/b7-4+. The van der Waals surface area contributed by atoms with Gasteiger partial charge in [0.1, 0.15) is 17.3 Å². The second-order valence-corrected chi connectivity index (χ2v) is 6.40. The third-order valence-corrected chi connectivity index (χ3v) is 4.17. The molecule has 0 bridgehead atoms. The van der Waals surface area contributed by atoms with Gasteiger partial charge in [0.15, 0.2) is 0 Å². The van der Waals surface area contributed by atoms with Crippen LogP contribution in [0.4, 0.5) is 11.5 Å². The Morgan fingerprint density at radius 2 is 1.75 bits per heavy atom. The quantitative estimate of drug-likeness (QED) is 0.511. The van der Waals surface area contributed by atoms with Gasteiger partial charge >= 0.3 is 0 Å². The number of nitrogens with zero attached hydrogens (tertiary/aromatic N) is 3. The summed E-state index contributed by atoms with van der Waals surface area (Å²) in [5, 5.41) is 0.425. The molecule has 5 heteroatoms. The molecule has 0 aliphatic rings. The number of aromatic nitrogens is 2. The Morgan fingerprint density at radius 1 is 1.00 bits per heavy atom. The topological polar surface area (TPSA) is 29.0 Å². The maximum absolute atomic E-state index is 6.03. The van der Waals surface area contributed by atoms with Crippen LogP contribution in [-0.2, 0) is 0 Å². The van der Waals surface area contributed by atoms with Crippen LogP contribution in [0.5, 0.6) is 0 Å². The first kappa shape index (κ1) is 16.7. The lowest BCUT2D eigenvalue weighted by Crippen LogP contribution is -2.18. The lowest BCUT2D eigenvalue weighted by atomic mass is 10.2. The van der Waals surface area contributed by atoms with Crippen molar-refractivity contribution >= 4 is 45.1 Å². The Hall–Kier alpha value is -2.17. The third-order valence-electron chi connectivity index (χ3n) is 3.43. The predicted octanol–water partition coefficient (Wildman–Crippen LogP) is 5.74. The molecular formula is C19H15BrClN3. The van der Waals surface area contributed by atoms with Crippen molar-refractivity contribution in [1.29, 1.82) is 0 Å². The summed E-state index contributed by atoms with van der Waals surface area (Å²) >= 11 is 9.49. The van der Waals surface area contributed by atoms with Crippen molar-refractivity contribution in [2.75, 3.05) is 11.4 Å². The van der Waals surface area contributed by atoms with Gasteiger partial charge in [-0.1, -0.05) is 70.0 Å². The highest BCUT2D eigenvalue weighted by atomic mass is 79.9. The van der Waals surface area contributed by atoms with Crippen LogP contribution in [0, 0.1) is 0 Å². The van der Waals surface area contributed by atoms with Gasteiger partial charge in [-0.25, -0.2) is 9.97 Å². The smallest absolute Gasteiger partial charge is 0.138 e. The summed E-state index contributed by atoms with van der Waals surface area (Å²) in [6, 6.07) is 20.1. The highest BCUT2D eigenvalue weighted by Gasteiger charge is 2.10. The second kappa shape index (κ2) is 8.08. The van der Waals surface area contributed by atoms with Crippen LogP contribution < -0.4 is 4.90 Å². The molecule has 3 rings (SSSR count). The maximum atomic E-state index is 6.03. The first-order valence-corrected chi connectivity index (χ1v) is 8.62. The number of hydrogen-bond donors (Lipinski definition) is 0. The molecule has 3 aromatic rings. The molecule has 2 aromatic carbocycles. The average Bonchev–Trinajstić information content (AvgIpc) is 2.61. The molecule has 0 amide bonds. The molecule has 0 unspecified atom stereocenters. The normalized spacial score (nSPS) is 10.9. The largest absolute Gasteiger partial charge is 0.322 e. The van der Waals surface area contributed by atoms with E-state index < -0.39 is 0 Å². The summed E-state index contributed by atoms with van der Waals surface area (Å²) in [6.07, 6.45) is 5.67. The van der Waals surface area contributed by atoms with E-state index in [1.807, 2.05) is 42.5 Å². The van der Waals surface area contributed by atoms with Crippen LogP contribution in [0.2, 0.25) is 5.15 Å². The van der Waals surface area contributed by atoms with E-state index in [-0.39, 0.29) is 0 Å². The molecular weight excluding hydrogens is 386 g/mol. The molecule has 0 fully saturated rings. The minimum absolute atomic E-state index is 0.425. The van der Waals surface area contributed by atoms with Crippen molar-refractivity contribution in [2.45, 2.75) is 0 Å². The molecule has 0 N–H and O–H groups in total. The zero-order valence-corrected chi connectivity index (χ0v) is 15.2. The van der Waals surface area contributed by atoms with E-state index in [0.29, 0.717) is 11.7 Å². The van der Waals surface area contributed by atoms with Crippen molar-refractivity contribution in [3.63, 3.8) is 0 Å². The fourth-order valence-electron chi connectivity index (χ4n) is 2.28. The van der Waals surface area contributed by atoms with E-state index in [4.69, 9.17) is 11.6 Å². The Balaban J connectivity index is 1.87. The van der Waals surface area contributed by atoms with E-state index in [2.05, 4.69) is 55.1 Å². The first-order chi connectivity index (χ1) is 11.7. The highest BCUT2D eigenvalue weighted by Crippen LogP contribution is 2.26. The number of halogens is 2. The molecule has 0 saturated heterocycles. The van der Waals surface area contributed by atoms with Gasteiger partial charge in [0.05, 0.1) is 0 Å². The summed E-state index contributed by atoms with van der Waals surface area (Å²) in [7, 11) is 0. The van der Waals surface area contributed by atoms with Gasteiger partial charge in [0, 0.05) is 22.8 Å². The van der Waals surface area contributed by atoms with Crippen LogP contribution in [0.3, 0.4) is 0 Å². The van der Waals surface area contributed by atoms with E-state index >= 15 is 0 Å². The van der Waals surface area contributed by atoms with E-state index in [1.165, 1.54) is 6.33 Å².